The number of hydrogen-bond acceptors (Lipinski definition) is 4. The fraction of sp³-hybridized carbons (Fsp3) is 0.188. The number of nitrogens with one attached hydrogen (secondary N) is 1. The van der Waals surface area contributed by atoms with Gasteiger partial charge in [-0.3, -0.25) is 10.1 Å². The predicted molar refractivity (Wildman–Crippen MR) is 98.9 cm³/mol. The summed E-state index contributed by atoms with van der Waals surface area (Å²) in [5.41, 5.74) is 0.339. The first-order chi connectivity index (χ1) is 11.5. The molecule has 1 N–H and O–H groups in total. The van der Waals surface area contributed by atoms with Crippen molar-refractivity contribution in [3.05, 3.63) is 63.7 Å². The highest BCUT2D eigenvalue weighted by Gasteiger charge is 2.12. The second-order valence-corrected chi connectivity index (χ2v) is 5.73. The minimum Gasteiger partial charge on any atom is -0.492 e. The third-order valence-corrected chi connectivity index (χ3v) is 3.93. The molecule has 8 heteroatoms. The Kier molecular flexibility index (Phi) is 6.34. The summed E-state index contributed by atoms with van der Waals surface area (Å²) in [7, 11) is 1.80. The normalized spacial score (nSPS) is 10.1. The smallest absolute Gasteiger partial charge is 0.271 e. The molecule has 0 amide bonds. The monoisotopic (exact) mass is 365 g/mol. The maximum absolute atomic E-state index is 10.8. The average Bonchev–Trinajstić information content (AvgIpc) is 2.57. The van der Waals surface area contributed by atoms with E-state index in [0.29, 0.717) is 29.0 Å². The van der Waals surface area contributed by atoms with E-state index in [9.17, 15) is 10.1 Å². The van der Waals surface area contributed by atoms with Gasteiger partial charge in [-0.1, -0.05) is 29.8 Å². The SMILES string of the molecule is CN(CCOc1ccccc1)C(=S)Nc1cc([N+](=O)[O-])ccc1Cl. The molecule has 0 unspecified atom stereocenters. The standard InChI is InChI=1S/C16H16ClN3O3S/c1-19(9-10-23-13-5-3-2-4-6-13)16(24)18-15-11-12(20(21)22)7-8-14(15)17/h2-8,11H,9-10H2,1H3,(H,18,24). The Morgan fingerprint density at radius 2 is 2.04 bits per heavy atom. The van der Waals surface area contributed by atoms with Crippen LogP contribution in [-0.2, 0) is 0 Å². The first-order valence-corrected chi connectivity index (χ1v) is 7.90. The van der Waals surface area contributed by atoms with E-state index in [2.05, 4.69) is 5.32 Å². The van der Waals surface area contributed by atoms with Crippen LogP contribution in [0.25, 0.3) is 0 Å². The Morgan fingerprint density at radius 1 is 1.33 bits per heavy atom. The van der Waals surface area contributed by atoms with Crippen LogP contribution in [0.5, 0.6) is 5.75 Å². The number of rotatable bonds is 6. The Bertz CT molecular complexity index is 728. The maximum Gasteiger partial charge on any atom is 0.271 e. The number of nitro groups is 1. The van der Waals surface area contributed by atoms with Crippen LogP contribution in [0.4, 0.5) is 11.4 Å². The number of benzene rings is 2. The van der Waals surface area contributed by atoms with Gasteiger partial charge in [0, 0.05) is 19.2 Å². The van der Waals surface area contributed by atoms with Crippen LogP contribution in [0.15, 0.2) is 48.5 Å². The zero-order valence-corrected chi connectivity index (χ0v) is 14.5. The molecule has 0 atom stereocenters. The summed E-state index contributed by atoms with van der Waals surface area (Å²) in [6.45, 7) is 0.998. The van der Waals surface area contributed by atoms with Crippen molar-refractivity contribution in [2.45, 2.75) is 0 Å². The van der Waals surface area contributed by atoms with Crippen molar-refractivity contribution in [1.29, 1.82) is 0 Å². The van der Waals surface area contributed by atoms with Gasteiger partial charge in [-0.25, -0.2) is 0 Å². The lowest BCUT2D eigenvalue weighted by molar-refractivity contribution is -0.384. The molecule has 2 aromatic rings. The average molecular weight is 366 g/mol. The van der Waals surface area contributed by atoms with Crippen molar-refractivity contribution >= 4 is 40.3 Å². The fourth-order valence-corrected chi connectivity index (χ4v) is 2.22. The molecule has 2 aromatic carbocycles. The van der Waals surface area contributed by atoms with Crippen molar-refractivity contribution < 1.29 is 9.66 Å². The van der Waals surface area contributed by atoms with Gasteiger partial charge < -0.3 is 15.0 Å². The number of non-ortho nitro benzene ring substituents is 1. The Morgan fingerprint density at radius 3 is 2.71 bits per heavy atom. The minimum absolute atomic E-state index is 0.0558. The summed E-state index contributed by atoms with van der Waals surface area (Å²) >= 11 is 11.3. The van der Waals surface area contributed by atoms with Gasteiger partial charge in [0.1, 0.15) is 12.4 Å². The quantitative estimate of drug-likeness (QED) is 0.475. The molecular weight excluding hydrogens is 350 g/mol. The molecule has 0 spiro atoms. The minimum atomic E-state index is -0.484. The maximum atomic E-state index is 10.8. The molecule has 0 bridgehead atoms. The van der Waals surface area contributed by atoms with Crippen molar-refractivity contribution in [2.24, 2.45) is 0 Å². The van der Waals surface area contributed by atoms with Gasteiger partial charge in [-0.2, -0.15) is 0 Å². The Balaban J connectivity index is 1.89. The number of para-hydroxylation sites is 1. The van der Waals surface area contributed by atoms with Gasteiger partial charge in [0.2, 0.25) is 0 Å². The molecule has 0 heterocycles. The lowest BCUT2D eigenvalue weighted by atomic mass is 10.3. The summed E-state index contributed by atoms with van der Waals surface area (Å²) < 4.78 is 5.61. The van der Waals surface area contributed by atoms with E-state index in [1.54, 1.807) is 11.9 Å². The molecule has 0 aliphatic rings. The van der Waals surface area contributed by atoms with Crippen molar-refractivity contribution in [1.82, 2.24) is 4.90 Å². The molecule has 126 valence electrons. The molecule has 2 rings (SSSR count). The molecule has 6 nitrogen and oxygen atoms in total. The molecule has 0 saturated carbocycles. The summed E-state index contributed by atoms with van der Waals surface area (Å²) in [6, 6.07) is 13.6. The van der Waals surface area contributed by atoms with Gasteiger partial charge in [-0.05, 0) is 30.4 Å². The zero-order chi connectivity index (χ0) is 17.5. The van der Waals surface area contributed by atoms with E-state index in [0.717, 1.165) is 5.75 Å². The van der Waals surface area contributed by atoms with Gasteiger partial charge >= 0.3 is 0 Å². The molecule has 24 heavy (non-hydrogen) atoms. The number of thiocarbonyl (C=S) groups is 1. The summed E-state index contributed by atoms with van der Waals surface area (Å²) in [6.07, 6.45) is 0. The number of nitrogens with zero attached hydrogens (tertiary/aromatic N) is 2. The van der Waals surface area contributed by atoms with E-state index in [-0.39, 0.29) is 5.69 Å². The number of hydrogen-bond donors (Lipinski definition) is 1. The van der Waals surface area contributed by atoms with Crippen LogP contribution in [0.1, 0.15) is 0 Å². The highest BCUT2D eigenvalue weighted by Crippen LogP contribution is 2.26. The number of anilines is 1. The second kappa shape index (κ2) is 8.47. The number of likely N-dealkylation sites (N-methyl/N-ethyl adjacent to an activating group) is 1. The Labute approximate surface area is 150 Å². The van der Waals surface area contributed by atoms with Crippen LogP contribution in [0.3, 0.4) is 0 Å². The van der Waals surface area contributed by atoms with E-state index < -0.39 is 4.92 Å². The third kappa shape index (κ3) is 5.07. The largest absolute Gasteiger partial charge is 0.492 e. The van der Waals surface area contributed by atoms with Crippen LogP contribution in [-0.4, -0.2) is 35.1 Å². The molecule has 0 aliphatic heterocycles. The fourth-order valence-electron chi connectivity index (χ4n) is 1.85. The predicted octanol–water partition coefficient (Wildman–Crippen LogP) is 3.96. The van der Waals surface area contributed by atoms with Crippen molar-refractivity contribution in [2.75, 3.05) is 25.5 Å². The van der Waals surface area contributed by atoms with E-state index in [1.165, 1.54) is 18.2 Å². The lowest BCUT2D eigenvalue weighted by Gasteiger charge is -2.21. The van der Waals surface area contributed by atoms with Gasteiger partial charge in [-0.15, -0.1) is 0 Å². The summed E-state index contributed by atoms with van der Waals surface area (Å²) in [5.74, 6) is 0.784. The van der Waals surface area contributed by atoms with Crippen molar-refractivity contribution in [3.63, 3.8) is 0 Å². The molecule has 0 saturated heterocycles. The van der Waals surface area contributed by atoms with Gasteiger partial charge in [0.05, 0.1) is 22.2 Å². The lowest BCUT2D eigenvalue weighted by Crippen LogP contribution is -2.34. The molecule has 0 fully saturated rings. The molecule has 0 aromatic heterocycles. The molecule has 0 radical (unpaired) electrons. The highest BCUT2D eigenvalue weighted by molar-refractivity contribution is 7.80. The highest BCUT2D eigenvalue weighted by atomic mass is 35.5. The van der Waals surface area contributed by atoms with Gasteiger partial charge in [0.15, 0.2) is 5.11 Å². The first kappa shape index (κ1) is 18.0. The third-order valence-electron chi connectivity index (χ3n) is 3.19. The number of ether oxygens (including phenoxy) is 1. The topological polar surface area (TPSA) is 67.6 Å². The molecule has 0 aliphatic carbocycles. The zero-order valence-electron chi connectivity index (χ0n) is 12.9. The first-order valence-electron chi connectivity index (χ1n) is 7.11. The van der Waals surface area contributed by atoms with Crippen molar-refractivity contribution in [3.8, 4) is 5.75 Å². The summed E-state index contributed by atoms with van der Waals surface area (Å²) in [5, 5.41) is 14.5. The van der Waals surface area contributed by atoms with Crippen LogP contribution in [0.2, 0.25) is 5.02 Å². The Hall–Kier alpha value is -2.38. The van der Waals surface area contributed by atoms with Crippen LogP contribution in [0, 0.1) is 10.1 Å². The molecular formula is C16H16ClN3O3S. The van der Waals surface area contributed by atoms with Crippen LogP contribution < -0.4 is 10.1 Å². The van der Waals surface area contributed by atoms with E-state index in [1.807, 2.05) is 30.3 Å². The summed E-state index contributed by atoms with van der Waals surface area (Å²) in [4.78, 5) is 12.1. The van der Waals surface area contributed by atoms with E-state index >= 15 is 0 Å². The van der Waals surface area contributed by atoms with Gasteiger partial charge in [0.25, 0.3) is 5.69 Å². The second-order valence-electron chi connectivity index (χ2n) is 4.93. The number of nitro benzene ring substituents is 1. The van der Waals surface area contributed by atoms with Crippen LogP contribution >= 0.6 is 23.8 Å². The van der Waals surface area contributed by atoms with E-state index in [4.69, 9.17) is 28.6 Å². The number of halogens is 1.